The van der Waals surface area contributed by atoms with E-state index in [0.717, 1.165) is 23.6 Å². The topological polar surface area (TPSA) is 59.9 Å². The van der Waals surface area contributed by atoms with Crippen LogP contribution in [0.15, 0.2) is 36.5 Å². The summed E-state index contributed by atoms with van der Waals surface area (Å²) in [5, 5.41) is 5.31. The van der Waals surface area contributed by atoms with E-state index in [1.807, 2.05) is 38.2 Å². The quantitative estimate of drug-likeness (QED) is 0.749. The van der Waals surface area contributed by atoms with Crippen LogP contribution in [0.2, 0.25) is 0 Å². The molecule has 23 heavy (non-hydrogen) atoms. The Morgan fingerprint density at radius 1 is 1.26 bits per heavy atom. The lowest BCUT2D eigenvalue weighted by molar-refractivity contribution is 0.0126. The van der Waals surface area contributed by atoms with Crippen molar-refractivity contribution in [2.24, 2.45) is 0 Å². The molecule has 0 atom stereocenters. The third-order valence-corrected chi connectivity index (χ3v) is 4.48. The molecule has 3 aromatic rings. The normalized spacial score (nSPS) is 11.8. The maximum atomic E-state index is 5.40. The maximum Gasteiger partial charge on any atom is 0.202 e. The second-order valence-corrected chi connectivity index (χ2v) is 6.60. The second-order valence-electron chi connectivity index (χ2n) is 5.85. The molecule has 120 valence electrons. The molecule has 2 heterocycles. The van der Waals surface area contributed by atoms with Gasteiger partial charge in [0.15, 0.2) is 5.82 Å². The van der Waals surface area contributed by atoms with Crippen molar-refractivity contribution in [1.82, 2.24) is 14.3 Å². The minimum absolute atomic E-state index is 0.460. The molecule has 0 bridgehead atoms. The SMILES string of the molecule is COC(C)(C)c1nsc(NCCc2cnc3ccccc3c2)n1. The predicted molar refractivity (Wildman–Crippen MR) is 93.9 cm³/mol. The Hall–Kier alpha value is -2.05. The molecule has 0 saturated heterocycles. The van der Waals surface area contributed by atoms with Gasteiger partial charge in [0, 0.05) is 36.8 Å². The van der Waals surface area contributed by atoms with Crippen molar-refractivity contribution < 1.29 is 4.74 Å². The minimum atomic E-state index is -0.460. The Labute approximate surface area is 139 Å². The van der Waals surface area contributed by atoms with Crippen molar-refractivity contribution in [3.05, 3.63) is 47.9 Å². The minimum Gasteiger partial charge on any atom is -0.371 e. The first-order chi connectivity index (χ1) is 11.1. The summed E-state index contributed by atoms with van der Waals surface area (Å²) >= 11 is 1.36. The highest BCUT2D eigenvalue weighted by Crippen LogP contribution is 2.24. The van der Waals surface area contributed by atoms with Gasteiger partial charge in [-0.25, -0.2) is 4.98 Å². The molecule has 0 amide bonds. The lowest BCUT2D eigenvalue weighted by Crippen LogP contribution is -2.21. The van der Waals surface area contributed by atoms with Gasteiger partial charge in [-0.2, -0.15) is 4.37 Å². The Bertz CT molecular complexity index is 800. The van der Waals surface area contributed by atoms with Gasteiger partial charge in [0.1, 0.15) is 5.60 Å². The molecule has 6 heteroatoms. The number of benzene rings is 1. The van der Waals surface area contributed by atoms with Crippen LogP contribution < -0.4 is 5.32 Å². The Kier molecular flexibility index (Phi) is 4.54. The Morgan fingerprint density at radius 3 is 2.91 bits per heavy atom. The summed E-state index contributed by atoms with van der Waals surface area (Å²) < 4.78 is 9.75. The number of ether oxygens (including phenoxy) is 1. The monoisotopic (exact) mass is 328 g/mol. The molecule has 3 rings (SSSR count). The zero-order valence-electron chi connectivity index (χ0n) is 13.5. The molecule has 0 aliphatic carbocycles. The molecule has 5 nitrogen and oxygen atoms in total. The van der Waals surface area contributed by atoms with Gasteiger partial charge in [0.2, 0.25) is 5.13 Å². The average Bonchev–Trinajstić information content (AvgIpc) is 3.04. The molecule has 0 radical (unpaired) electrons. The summed E-state index contributed by atoms with van der Waals surface area (Å²) in [4.78, 5) is 8.97. The van der Waals surface area contributed by atoms with Crippen LogP contribution >= 0.6 is 11.5 Å². The van der Waals surface area contributed by atoms with Gasteiger partial charge < -0.3 is 10.1 Å². The zero-order valence-corrected chi connectivity index (χ0v) is 14.4. The van der Waals surface area contributed by atoms with Crippen molar-refractivity contribution in [2.45, 2.75) is 25.9 Å². The van der Waals surface area contributed by atoms with Crippen molar-refractivity contribution in [3.63, 3.8) is 0 Å². The van der Waals surface area contributed by atoms with E-state index in [2.05, 4.69) is 31.8 Å². The molecule has 1 N–H and O–H groups in total. The van der Waals surface area contributed by atoms with E-state index in [0.29, 0.717) is 5.82 Å². The molecule has 0 saturated carbocycles. The summed E-state index contributed by atoms with van der Waals surface area (Å²) in [6, 6.07) is 10.3. The summed E-state index contributed by atoms with van der Waals surface area (Å²) in [5.41, 5.74) is 1.77. The maximum absolute atomic E-state index is 5.40. The fourth-order valence-electron chi connectivity index (χ4n) is 2.20. The fourth-order valence-corrected chi connectivity index (χ4v) is 2.93. The van der Waals surface area contributed by atoms with Gasteiger partial charge in [0.05, 0.1) is 5.52 Å². The molecular formula is C17H20N4OS. The predicted octanol–water partition coefficient (Wildman–Crippen LogP) is 3.62. The molecule has 0 aliphatic rings. The van der Waals surface area contributed by atoms with Crippen LogP contribution in [0.1, 0.15) is 25.2 Å². The van der Waals surface area contributed by atoms with E-state index in [4.69, 9.17) is 4.74 Å². The summed E-state index contributed by atoms with van der Waals surface area (Å²) in [7, 11) is 1.67. The van der Waals surface area contributed by atoms with Crippen molar-refractivity contribution >= 4 is 27.6 Å². The summed E-state index contributed by atoms with van der Waals surface area (Å²) in [6.45, 7) is 4.71. The number of pyridine rings is 1. The van der Waals surface area contributed by atoms with Crippen molar-refractivity contribution in [3.8, 4) is 0 Å². The van der Waals surface area contributed by atoms with Gasteiger partial charge in [-0.1, -0.05) is 18.2 Å². The van der Waals surface area contributed by atoms with Gasteiger partial charge in [-0.15, -0.1) is 0 Å². The molecule has 0 fully saturated rings. The average molecular weight is 328 g/mol. The fraction of sp³-hybridized carbons (Fsp3) is 0.353. The van der Waals surface area contributed by atoms with Crippen LogP contribution in [0, 0.1) is 0 Å². The first-order valence-electron chi connectivity index (χ1n) is 7.55. The van der Waals surface area contributed by atoms with E-state index >= 15 is 0 Å². The van der Waals surface area contributed by atoms with E-state index in [1.54, 1.807) is 7.11 Å². The first kappa shape index (κ1) is 15.8. The largest absolute Gasteiger partial charge is 0.371 e. The lowest BCUT2D eigenvalue weighted by Gasteiger charge is -2.18. The van der Waals surface area contributed by atoms with Gasteiger partial charge in [-0.05, 0) is 38.0 Å². The third kappa shape index (κ3) is 3.65. The van der Waals surface area contributed by atoms with Gasteiger partial charge >= 0.3 is 0 Å². The highest BCUT2D eigenvalue weighted by molar-refractivity contribution is 7.09. The lowest BCUT2D eigenvalue weighted by atomic mass is 10.1. The van der Waals surface area contributed by atoms with E-state index in [9.17, 15) is 0 Å². The Balaban J connectivity index is 1.60. The van der Waals surface area contributed by atoms with Crippen LogP contribution in [-0.2, 0) is 16.8 Å². The van der Waals surface area contributed by atoms with Gasteiger partial charge in [-0.3, -0.25) is 4.98 Å². The Morgan fingerprint density at radius 2 is 2.09 bits per heavy atom. The number of fused-ring (bicyclic) bond motifs is 1. The number of rotatable bonds is 6. The molecule has 0 aliphatic heterocycles. The van der Waals surface area contributed by atoms with E-state index in [1.165, 1.54) is 22.5 Å². The smallest absolute Gasteiger partial charge is 0.202 e. The van der Waals surface area contributed by atoms with Crippen LogP contribution in [0.25, 0.3) is 10.9 Å². The highest BCUT2D eigenvalue weighted by atomic mass is 32.1. The molecule has 0 unspecified atom stereocenters. The number of anilines is 1. The summed E-state index contributed by atoms with van der Waals surface area (Å²) in [6.07, 6.45) is 2.82. The van der Waals surface area contributed by atoms with Crippen molar-refractivity contribution in [1.29, 1.82) is 0 Å². The third-order valence-electron chi connectivity index (χ3n) is 3.81. The van der Waals surface area contributed by atoms with E-state index < -0.39 is 5.60 Å². The van der Waals surface area contributed by atoms with Crippen LogP contribution in [0.5, 0.6) is 0 Å². The number of para-hydroxylation sites is 1. The van der Waals surface area contributed by atoms with Crippen LogP contribution in [0.3, 0.4) is 0 Å². The number of nitrogens with zero attached hydrogens (tertiary/aromatic N) is 3. The van der Waals surface area contributed by atoms with Crippen LogP contribution in [-0.4, -0.2) is 28.0 Å². The number of nitrogens with one attached hydrogen (secondary N) is 1. The number of hydrogen-bond acceptors (Lipinski definition) is 6. The molecular weight excluding hydrogens is 308 g/mol. The highest BCUT2D eigenvalue weighted by Gasteiger charge is 2.24. The second kappa shape index (κ2) is 6.60. The van der Waals surface area contributed by atoms with E-state index in [-0.39, 0.29) is 0 Å². The van der Waals surface area contributed by atoms with Gasteiger partial charge in [0.25, 0.3) is 0 Å². The molecule has 0 spiro atoms. The first-order valence-corrected chi connectivity index (χ1v) is 8.33. The number of hydrogen-bond donors (Lipinski definition) is 1. The molecule has 1 aromatic carbocycles. The number of methoxy groups -OCH3 is 1. The summed E-state index contributed by atoms with van der Waals surface area (Å²) in [5.74, 6) is 0.708. The van der Waals surface area contributed by atoms with Crippen molar-refractivity contribution in [2.75, 3.05) is 19.0 Å². The standard InChI is InChI=1S/C17H20N4OS/c1-17(2,22-3)15-20-16(23-21-15)18-9-8-12-10-13-6-4-5-7-14(13)19-11-12/h4-7,10-11H,8-9H2,1-3H3,(H,18,20,21). The zero-order chi connectivity index (χ0) is 16.3. The number of aromatic nitrogens is 3. The molecule has 2 aromatic heterocycles. The van der Waals surface area contributed by atoms with Crippen LogP contribution in [0.4, 0.5) is 5.13 Å².